The third-order valence-electron chi connectivity index (χ3n) is 3.62. The highest BCUT2D eigenvalue weighted by molar-refractivity contribution is 5.95. The third-order valence-corrected chi connectivity index (χ3v) is 3.62. The van der Waals surface area contributed by atoms with E-state index in [0.717, 1.165) is 25.1 Å². The smallest absolute Gasteiger partial charge is 0.227 e. The molecule has 1 atom stereocenters. The summed E-state index contributed by atoms with van der Waals surface area (Å²) < 4.78 is 0. The van der Waals surface area contributed by atoms with Gasteiger partial charge in [-0.1, -0.05) is 19.1 Å². The fraction of sp³-hybridized carbons (Fsp3) is 0.500. The highest BCUT2D eigenvalue weighted by atomic mass is 16.2. The third kappa shape index (κ3) is 2.34. The van der Waals surface area contributed by atoms with Gasteiger partial charge >= 0.3 is 0 Å². The molecule has 0 saturated heterocycles. The van der Waals surface area contributed by atoms with Crippen LogP contribution < -0.4 is 10.6 Å². The largest absolute Gasteiger partial charge is 0.330 e. The zero-order valence-electron chi connectivity index (χ0n) is 10.6. The number of hydrogen-bond donors (Lipinski definition) is 1. The van der Waals surface area contributed by atoms with Crippen molar-refractivity contribution in [1.29, 1.82) is 0 Å². The number of nitrogens with two attached hydrogens (primary N) is 1. The van der Waals surface area contributed by atoms with E-state index in [2.05, 4.69) is 25.1 Å². The Hall–Kier alpha value is -1.35. The summed E-state index contributed by atoms with van der Waals surface area (Å²) in [6, 6.07) is 6.42. The highest BCUT2D eigenvalue weighted by Crippen LogP contribution is 2.30. The Balaban J connectivity index is 2.29. The number of fused-ring (bicyclic) bond motifs is 1. The zero-order valence-corrected chi connectivity index (χ0v) is 10.6. The fourth-order valence-electron chi connectivity index (χ4n) is 2.40. The number of amides is 1. The molecule has 0 radical (unpaired) electrons. The van der Waals surface area contributed by atoms with Gasteiger partial charge in [-0.25, -0.2) is 0 Å². The van der Waals surface area contributed by atoms with Gasteiger partial charge < -0.3 is 10.6 Å². The van der Waals surface area contributed by atoms with E-state index in [9.17, 15) is 4.79 Å². The van der Waals surface area contributed by atoms with E-state index in [4.69, 9.17) is 5.73 Å². The molecule has 1 amide bonds. The normalized spacial score (nSPS) is 16.9. The van der Waals surface area contributed by atoms with Crippen LogP contribution in [0, 0.1) is 0 Å². The molecule has 0 spiro atoms. The number of rotatable bonds is 3. The number of benzene rings is 1. The summed E-state index contributed by atoms with van der Waals surface area (Å²) in [4.78, 5) is 13.3. The summed E-state index contributed by atoms with van der Waals surface area (Å²) in [5.74, 6) is 0.702. The molecule has 0 fully saturated rings. The Morgan fingerprint density at radius 2 is 2.18 bits per heavy atom. The van der Waals surface area contributed by atoms with Gasteiger partial charge in [-0.15, -0.1) is 0 Å². The maximum Gasteiger partial charge on any atom is 0.227 e. The molecular weight excluding hydrogens is 212 g/mol. The van der Waals surface area contributed by atoms with Crippen molar-refractivity contribution in [3.8, 4) is 0 Å². The lowest BCUT2D eigenvalue weighted by Gasteiger charge is -2.26. The summed E-state index contributed by atoms with van der Waals surface area (Å²) in [7, 11) is 1.85. The van der Waals surface area contributed by atoms with Gasteiger partial charge in [0.2, 0.25) is 5.91 Å². The van der Waals surface area contributed by atoms with Crippen molar-refractivity contribution in [2.45, 2.75) is 32.1 Å². The van der Waals surface area contributed by atoms with Crippen LogP contribution in [0.1, 0.15) is 36.8 Å². The lowest BCUT2D eigenvalue weighted by Crippen LogP contribution is -2.31. The number of carbonyl (C=O) groups excluding carboxylic acids is 1. The van der Waals surface area contributed by atoms with E-state index < -0.39 is 0 Å². The molecule has 2 rings (SSSR count). The van der Waals surface area contributed by atoms with Gasteiger partial charge in [0.1, 0.15) is 0 Å². The molecule has 1 aromatic rings. The van der Waals surface area contributed by atoms with Gasteiger partial charge in [-0.05, 0) is 42.5 Å². The molecule has 3 heteroatoms. The lowest BCUT2D eigenvalue weighted by atomic mass is 9.92. The van der Waals surface area contributed by atoms with Gasteiger partial charge in [0.25, 0.3) is 0 Å². The van der Waals surface area contributed by atoms with Crippen molar-refractivity contribution < 1.29 is 4.79 Å². The first kappa shape index (κ1) is 12.1. The second-order valence-electron chi connectivity index (χ2n) is 4.82. The van der Waals surface area contributed by atoms with Crippen LogP contribution >= 0.6 is 0 Å². The van der Waals surface area contributed by atoms with Gasteiger partial charge in [-0.3, -0.25) is 4.79 Å². The second-order valence-corrected chi connectivity index (χ2v) is 4.82. The van der Waals surface area contributed by atoms with Crippen LogP contribution in [-0.2, 0) is 11.2 Å². The van der Waals surface area contributed by atoms with Crippen LogP contribution in [0.2, 0.25) is 0 Å². The second kappa shape index (κ2) is 4.88. The average Bonchev–Trinajstić information content (AvgIpc) is 2.34. The van der Waals surface area contributed by atoms with Crippen LogP contribution in [0.15, 0.2) is 18.2 Å². The molecule has 1 aliphatic rings. The minimum atomic E-state index is 0.209. The molecule has 1 heterocycles. The molecule has 17 heavy (non-hydrogen) atoms. The van der Waals surface area contributed by atoms with Gasteiger partial charge in [0, 0.05) is 19.2 Å². The van der Waals surface area contributed by atoms with Crippen molar-refractivity contribution in [3.63, 3.8) is 0 Å². The van der Waals surface area contributed by atoms with E-state index >= 15 is 0 Å². The zero-order chi connectivity index (χ0) is 12.4. The minimum absolute atomic E-state index is 0.209. The molecule has 92 valence electrons. The Kier molecular flexibility index (Phi) is 3.48. The first-order valence-electron chi connectivity index (χ1n) is 6.23. The summed E-state index contributed by atoms with van der Waals surface area (Å²) in [5, 5.41) is 0. The Bertz CT molecular complexity index is 428. The number of nitrogens with zero attached hydrogens (tertiary/aromatic N) is 1. The first-order chi connectivity index (χ1) is 8.13. The summed E-state index contributed by atoms with van der Waals surface area (Å²) in [6.45, 7) is 2.92. The monoisotopic (exact) mass is 232 g/mol. The SMILES string of the molecule is CC(CCN)c1ccc2c(c1)CCC(=O)N2C. The minimum Gasteiger partial charge on any atom is -0.330 e. The highest BCUT2D eigenvalue weighted by Gasteiger charge is 2.21. The average molecular weight is 232 g/mol. The van der Waals surface area contributed by atoms with Crippen LogP contribution in [0.3, 0.4) is 0 Å². The molecule has 3 nitrogen and oxygen atoms in total. The van der Waals surface area contributed by atoms with Crippen molar-refractivity contribution >= 4 is 11.6 Å². The Morgan fingerprint density at radius 3 is 2.88 bits per heavy atom. The van der Waals surface area contributed by atoms with E-state index in [1.165, 1.54) is 11.1 Å². The summed E-state index contributed by atoms with van der Waals surface area (Å²) in [5.41, 5.74) is 9.27. The number of carbonyl (C=O) groups is 1. The van der Waals surface area contributed by atoms with Gasteiger partial charge in [0.05, 0.1) is 0 Å². The Labute approximate surface area is 103 Å². The van der Waals surface area contributed by atoms with E-state index in [1.807, 2.05) is 7.05 Å². The van der Waals surface area contributed by atoms with E-state index in [-0.39, 0.29) is 5.91 Å². The fourth-order valence-corrected chi connectivity index (χ4v) is 2.40. The summed E-state index contributed by atoms with van der Waals surface area (Å²) >= 11 is 0. The van der Waals surface area contributed by atoms with Crippen LogP contribution in [0.5, 0.6) is 0 Å². The van der Waals surface area contributed by atoms with E-state index in [0.29, 0.717) is 12.3 Å². The van der Waals surface area contributed by atoms with Crippen LogP contribution in [0.4, 0.5) is 5.69 Å². The molecule has 0 aromatic heterocycles. The van der Waals surface area contributed by atoms with Gasteiger partial charge in [0.15, 0.2) is 0 Å². The predicted molar refractivity (Wildman–Crippen MR) is 70.3 cm³/mol. The predicted octanol–water partition coefficient (Wildman–Crippen LogP) is 2.05. The van der Waals surface area contributed by atoms with Crippen molar-refractivity contribution in [2.24, 2.45) is 5.73 Å². The number of hydrogen-bond acceptors (Lipinski definition) is 2. The first-order valence-corrected chi connectivity index (χ1v) is 6.23. The maximum atomic E-state index is 11.6. The maximum absolute atomic E-state index is 11.6. The van der Waals surface area contributed by atoms with Crippen molar-refractivity contribution in [3.05, 3.63) is 29.3 Å². The standard InChI is InChI=1S/C14H20N2O/c1-10(7-8-15)11-3-5-13-12(9-11)4-6-14(17)16(13)2/h3,5,9-10H,4,6-8,15H2,1-2H3. The van der Waals surface area contributed by atoms with E-state index in [1.54, 1.807) is 4.90 Å². The van der Waals surface area contributed by atoms with Crippen molar-refractivity contribution in [1.82, 2.24) is 0 Å². The molecule has 1 aliphatic heterocycles. The molecule has 2 N–H and O–H groups in total. The molecule has 0 bridgehead atoms. The number of aryl methyl sites for hydroxylation is 1. The molecular formula is C14H20N2O. The number of anilines is 1. The quantitative estimate of drug-likeness (QED) is 0.867. The summed E-state index contributed by atoms with van der Waals surface area (Å²) in [6.07, 6.45) is 2.49. The van der Waals surface area contributed by atoms with Gasteiger partial charge in [-0.2, -0.15) is 0 Å². The molecule has 0 saturated carbocycles. The molecule has 1 aromatic carbocycles. The Morgan fingerprint density at radius 1 is 1.41 bits per heavy atom. The topological polar surface area (TPSA) is 46.3 Å². The molecule has 1 unspecified atom stereocenters. The van der Waals surface area contributed by atoms with Crippen LogP contribution in [0.25, 0.3) is 0 Å². The van der Waals surface area contributed by atoms with Crippen LogP contribution in [-0.4, -0.2) is 19.5 Å². The molecule has 0 aliphatic carbocycles. The van der Waals surface area contributed by atoms with Crippen molar-refractivity contribution in [2.75, 3.05) is 18.5 Å². The lowest BCUT2D eigenvalue weighted by molar-refractivity contribution is -0.118.